The number of carbonyl (C=O) groups excluding carboxylic acids is 3. The molecule has 2 N–H and O–H groups in total. The van der Waals surface area contributed by atoms with E-state index >= 15 is 0 Å². The minimum atomic E-state index is -0.299. The number of ketones is 1. The molecule has 1 atom stereocenters. The molecule has 26 heavy (non-hydrogen) atoms. The summed E-state index contributed by atoms with van der Waals surface area (Å²) in [5, 5.41) is 13.1. The summed E-state index contributed by atoms with van der Waals surface area (Å²) in [5.74, 6) is -0.378. The maximum atomic E-state index is 11.6. The zero-order valence-electron chi connectivity index (χ0n) is 16.2. The van der Waals surface area contributed by atoms with Gasteiger partial charge in [-0.15, -0.1) is 5.10 Å². The summed E-state index contributed by atoms with van der Waals surface area (Å²) in [6.07, 6.45) is 7.88. The van der Waals surface area contributed by atoms with Crippen LogP contribution in [0.3, 0.4) is 0 Å². The molecule has 0 aliphatic rings. The minimum Gasteiger partial charge on any atom is -0.359 e. The fourth-order valence-electron chi connectivity index (χ4n) is 1.72. The van der Waals surface area contributed by atoms with E-state index in [2.05, 4.69) is 27.9 Å². The lowest BCUT2D eigenvalue weighted by Gasteiger charge is -2.02. The molecule has 0 saturated heterocycles. The maximum Gasteiger partial charge on any atom is 0.244 e. The van der Waals surface area contributed by atoms with Gasteiger partial charge in [-0.1, -0.05) is 32.9 Å². The van der Waals surface area contributed by atoms with Gasteiger partial charge in [0.25, 0.3) is 0 Å². The Hall–Kier alpha value is -2.51. The van der Waals surface area contributed by atoms with Crippen LogP contribution in [0.1, 0.15) is 52.7 Å². The van der Waals surface area contributed by atoms with Gasteiger partial charge in [0.2, 0.25) is 12.3 Å². The molecule has 0 fully saturated rings. The minimum absolute atomic E-state index is 0.0310. The van der Waals surface area contributed by atoms with Gasteiger partial charge < -0.3 is 10.6 Å². The van der Waals surface area contributed by atoms with E-state index in [1.165, 1.54) is 12.2 Å². The predicted octanol–water partition coefficient (Wildman–Crippen LogP) is 1.62. The van der Waals surface area contributed by atoms with Crippen molar-refractivity contribution in [3.8, 4) is 0 Å². The fraction of sp³-hybridized carbons (Fsp3) is 0.611. The van der Waals surface area contributed by atoms with Gasteiger partial charge in [0, 0.05) is 25.1 Å². The molecule has 0 radical (unpaired) electrons. The smallest absolute Gasteiger partial charge is 0.244 e. The monoisotopic (exact) mass is 365 g/mol. The van der Waals surface area contributed by atoms with Gasteiger partial charge in [-0.05, 0) is 25.3 Å². The van der Waals surface area contributed by atoms with Crippen LogP contribution < -0.4 is 10.6 Å². The van der Waals surface area contributed by atoms with E-state index in [0.717, 1.165) is 32.4 Å². The van der Waals surface area contributed by atoms with Crippen molar-refractivity contribution in [1.82, 2.24) is 25.6 Å². The first-order valence-corrected chi connectivity index (χ1v) is 9.04. The zero-order valence-corrected chi connectivity index (χ0v) is 16.2. The second-order valence-electron chi connectivity index (χ2n) is 5.81. The summed E-state index contributed by atoms with van der Waals surface area (Å²) in [4.78, 5) is 32.5. The third kappa shape index (κ3) is 11.1. The highest BCUT2D eigenvalue weighted by atomic mass is 16.2. The Morgan fingerprint density at radius 3 is 2.50 bits per heavy atom. The Morgan fingerprint density at radius 1 is 1.23 bits per heavy atom. The molecule has 0 saturated carbocycles. The first-order chi connectivity index (χ1) is 12.5. The molecule has 1 heterocycles. The molecule has 0 aromatic carbocycles. The Labute approximate surface area is 155 Å². The van der Waals surface area contributed by atoms with E-state index in [1.807, 2.05) is 20.8 Å². The van der Waals surface area contributed by atoms with Crippen LogP contribution in [-0.4, -0.2) is 39.6 Å². The number of hydrogen-bond acceptors (Lipinski definition) is 5. The van der Waals surface area contributed by atoms with Crippen LogP contribution in [0.5, 0.6) is 0 Å². The van der Waals surface area contributed by atoms with Gasteiger partial charge >= 0.3 is 0 Å². The predicted molar refractivity (Wildman–Crippen MR) is 100 cm³/mol. The van der Waals surface area contributed by atoms with Crippen molar-refractivity contribution in [2.45, 2.75) is 60.0 Å². The summed E-state index contributed by atoms with van der Waals surface area (Å²) in [7, 11) is 0. The molecule has 2 amide bonds. The third-order valence-electron chi connectivity index (χ3n) is 3.46. The second kappa shape index (κ2) is 14.8. The van der Waals surface area contributed by atoms with Crippen molar-refractivity contribution in [2.24, 2.45) is 5.92 Å². The van der Waals surface area contributed by atoms with Gasteiger partial charge in [-0.2, -0.15) is 0 Å². The number of carbonyl (C=O) groups is 3. The summed E-state index contributed by atoms with van der Waals surface area (Å²) < 4.78 is 1.74. The lowest BCUT2D eigenvalue weighted by Crippen LogP contribution is -2.21. The molecule has 0 aliphatic carbocycles. The first kappa shape index (κ1) is 23.5. The van der Waals surface area contributed by atoms with E-state index in [1.54, 1.807) is 10.9 Å². The van der Waals surface area contributed by atoms with Crippen LogP contribution in [-0.2, 0) is 27.5 Å². The molecule has 1 aromatic rings. The van der Waals surface area contributed by atoms with E-state index in [0.29, 0.717) is 18.6 Å². The molecule has 146 valence electrons. The van der Waals surface area contributed by atoms with Crippen LogP contribution in [0.15, 0.2) is 18.3 Å². The summed E-state index contributed by atoms with van der Waals surface area (Å²) >= 11 is 0. The molecule has 1 rings (SSSR count). The molecule has 0 bridgehead atoms. The zero-order chi connectivity index (χ0) is 19.8. The van der Waals surface area contributed by atoms with Crippen LogP contribution in [0.25, 0.3) is 0 Å². The number of aryl methyl sites for hydroxylation is 1. The van der Waals surface area contributed by atoms with Gasteiger partial charge in [-0.25, -0.2) is 0 Å². The normalized spacial score (nSPS) is 11.4. The molecule has 1 aromatic heterocycles. The summed E-state index contributed by atoms with van der Waals surface area (Å²) in [5.41, 5.74) is 0.702. The molecule has 0 aliphatic heterocycles. The Balaban J connectivity index is 0.000000896. The number of hydrogen-bond donors (Lipinski definition) is 2. The quantitative estimate of drug-likeness (QED) is 0.352. The number of nitrogens with one attached hydrogen (secondary N) is 2. The number of nitrogens with zero attached hydrogens (tertiary/aromatic N) is 3. The third-order valence-corrected chi connectivity index (χ3v) is 3.46. The number of allylic oxidation sites excluding steroid dienone is 1. The molecule has 0 spiro atoms. The highest BCUT2D eigenvalue weighted by Crippen LogP contribution is 2.02. The van der Waals surface area contributed by atoms with E-state index in [9.17, 15) is 14.4 Å². The van der Waals surface area contributed by atoms with Crippen molar-refractivity contribution in [1.29, 1.82) is 0 Å². The highest BCUT2D eigenvalue weighted by molar-refractivity contribution is 5.98. The van der Waals surface area contributed by atoms with Gasteiger partial charge in [0.05, 0.1) is 12.7 Å². The van der Waals surface area contributed by atoms with Gasteiger partial charge in [-0.3, -0.25) is 19.1 Å². The maximum absolute atomic E-state index is 11.6. The summed E-state index contributed by atoms with van der Waals surface area (Å²) in [6, 6.07) is 0. The van der Waals surface area contributed by atoms with Crippen molar-refractivity contribution >= 4 is 18.1 Å². The molecular weight excluding hydrogens is 334 g/mol. The number of aromatic nitrogens is 3. The van der Waals surface area contributed by atoms with Crippen molar-refractivity contribution in [2.75, 3.05) is 6.54 Å². The van der Waals surface area contributed by atoms with E-state index in [4.69, 9.17) is 0 Å². The van der Waals surface area contributed by atoms with Crippen molar-refractivity contribution in [3.05, 3.63) is 24.0 Å². The molecule has 8 nitrogen and oxygen atoms in total. The standard InChI is InChI=1S/C14H22N4O2.C4H9NO/c1-4-8-18-10-12(16-17-18)9-15-14(20)7-6-13(19)11(3)5-2;1-2-3-5-4-6/h6-7,10-11H,4-5,8-9H2,1-3H3,(H,15,20);4H,2-3H2,1H3,(H,5,6)/b7-6+;. The summed E-state index contributed by atoms with van der Waals surface area (Å²) in [6.45, 7) is 9.77. The SMILES string of the molecule is CCCNC=O.CCCn1cc(CNC(=O)/C=C/C(=O)C(C)CC)nn1. The first-order valence-electron chi connectivity index (χ1n) is 9.04. The van der Waals surface area contributed by atoms with E-state index in [-0.39, 0.29) is 17.6 Å². The van der Waals surface area contributed by atoms with Crippen LogP contribution in [0, 0.1) is 5.92 Å². The van der Waals surface area contributed by atoms with Crippen molar-refractivity contribution in [3.63, 3.8) is 0 Å². The van der Waals surface area contributed by atoms with E-state index < -0.39 is 0 Å². The van der Waals surface area contributed by atoms with Crippen LogP contribution in [0.2, 0.25) is 0 Å². The lowest BCUT2D eigenvalue weighted by atomic mass is 10.0. The van der Waals surface area contributed by atoms with Gasteiger partial charge in [0.1, 0.15) is 5.69 Å². The van der Waals surface area contributed by atoms with Crippen molar-refractivity contribution < 1.29 is 14.4 Å². The average molecular weight is 365 g/mol. The topological polar surface area (TPSA) is 106 Å². The highest BCUT2D eigenvalue weighted by Gasteiger charge is 2.07. The lowest BCUT2D eigenvalue weighted by molar-refractivity contribution is -0.119. The van der Waals surface area contributed by atoms with Crippen LogP contribution in [0.4, 0.5) is 0 Å². The fourth-order valence-corrected chi connectivity index (χ4v) is 1.72. The Morgan fingerprint density at radius 2 is 1.96 bits per heavy atom. The Kier molecular flexibility index (Phi) is 13.4. The second-order valence-corrected chi connectivity index (χ2v) is 5.81. The Bertz CT molecular complexity index is 569. The largest absolute Gasteiger partial charge is 0.359 e. The number of amides is 2. The molecular formula is C18H31N5O3. The van der Waals surface area contributed by atoms with Gasteiger partial charge in [0.15, 0.2) is 5.78 Å². The molecule has 1 unspecified atom stereocenters. The number of rotatable bonds is 11. The average Bonchev–Trinajstić information content (AvgIpc) is 3.10. The van der Waals surface area contributed by atoms with Crippen LogP contribution >= 0.6 is 0 Å². The molecule has 8 heteroatoms.